The fourth-order valence-corrected chi connectivity index (χ4v) is 3.91. The van der Waals surface area contributed by atoms with Crippen molar-refractivity contribution in [1.29, 1.82) is 0 Å². The van der Waals surface area contributed by atoms with Crippen LogP contribution in [0.3, 0.4) is 0 Å². The molecule has 1 aromatic heterocycles. The van der Waals surface area contributed by atoms with Crippen molar-refractivity contribution in [2.75, 3.05) is 5.32 Å². The topological polar surface area (TPSA) is 132 Å². The van der Waals surface area contributed by atoms with Crippen molar-refractivity contribution >= 4 is 27.6 Å². The minimum absolute atomic E-state index is 0.0410. The van der Waals surface area contributed by atoms with E-state index < -0.39 is 28.0 Å². The zero-order valence-corrected chi connectivity index (χ0v) is 18.5. The van der Waals surface area contributed by atoms with Crippen molar-refractivity contribution in [1.82, 2.24) is 19.7 Å². The van der Waals surface area contributed by atoms with Crippen LogP contribution in [-0.4, -0.2) is 47.4 Å². The van der Waals surface area contributed by atoms with E-state index in [1.807, 2.05) is 18.2 Å². The highest BCUT2D eigenvalue weighted by molar-refractivity contribution is 7.89. The highest BCUT2D eigenvalue weighted by atomic mass is 32.2. The molecule has 1 heterocycles. The van der Waals surface area contributed by atoms with Gasteiger partial charge < -0.3 is 10.1 Å². The van der Waals surface area contributed by atoms with Crippen molar-refractivity contribution < 1.29 is 22.7 Å². The average molecular weight is 458 g/mol. The summed E-state index contributed by atoms with van der Waals surface area (Å²) in [5, 5.41) is 10.7. The van der Waals surface area contributed by atoms with Crippen LogP contribution in [0.1, 0.15) is 31.3 Å². The standard InChI is InChI=1S/C21H23N5O5S/c1-14(2)25-32(29,30)18-11-9-16(10-12-18)23-20(27)15(3)31-21(28)19-13-22-26(24-19)17-7-5-4-6-8-17/h4-15,25H,1-3H3,(H,23,27)/t15-/m0/s1. The number of anilines is 1. The van der Waals surface area contributed by atoms with Gasteiger partial charge in [-0.2, -0.15) is 9.90 Å². The Morgan fingerprint density at radius 3 is 2.28 bits per heavy atom. The number of carbonyl (C=O) groups excluding carboxylic acids is 2. The summed E-state index contributed by atoms with van der Waals surface area (Å²) in [6, 6.07) is 14.4. The number of aromatic nitrogens is 3. The number of benzene rings is 2. The van der Waals surface area contributed by atoms with E-state index in [0.717, 1.165) is 0 Å². The van der Waals surface area contributed by atoms with Crippen molar-refractivity contribution in [3.8, 4) is 5.69 Å². The molecule has 0 radical (unpaired) electrons. The number of ether oxygens (including phenoxy) is 1. The predicted octanol–water partition coefficient (Wildman–Crippen LogP) is 2.14. The lowest BCUT2D eigenvalue weighted by Crippen LogP contribution is -2.31. The first-order valence-corrected chi connectivity index (χ1v) is 11.3. The maximum Gasteiger partial charge on any atom is 0.361 e. The van der Waals surface area contributed by atoms with Crippen LogP contribution in [0.2, 0.25) is 0 Å². The zero-order valence-electron chi connectivity index (χ0n) is 17.7. The first kappa shape index (κ1) is 23.1. The van der Waals surface area contributed by atoms with Crippen LogP contribution in [-0.2, 0) is 19.6 Å². The molecule has 3 aromatic rings. The largest absolute Gasteiger partial charge is 0.448 e. The zero-order chi connectivity index (χ0) is 23.3. The summed E-state index contributed by atoms with van der Waals surface area (Å²) in [5.74, 6) is -1.37. The van der Waals surface area contributed by atoms with E-state index in [2.05, 4.69) is 20.2 Å². The van der Waals surface area contributed by atoms with Crippen LogP contribution >= 0.6 is 0 Å². The van der Waals surface area contributed by atoms with Crippen LogP contribution in [0.25, 0.3) is 5.69 Å². The third-order valence-corrected chi connectivity index (χ3v) is 5.84. The van der Waals surface area contributed by atoms with Crippen LogP contribution < -0.4 is 10.0 Å². The highest BCUT2D eigenvalue weighted by Crippen LogP contribution is 2.15. The quantitative estimate of drug-likeness (QED) is 0.495. The predicted molar refractivity (Wildman–Crippen MR) is 117 cm³/mol. The fraction of sp³-hybridized carbons (Fsp3) is 0.238. The molecule has 1 atom stereocenters. The molecule has 0 aliphatic carbocycles. The van der Waals surface area contributed by atoms with Gasteiger partial charge in [-0.25, -0.2) is 17.9 Å². The summed E-state index contributed by atoms with van der Waals surface area (Å²) in [5.41, 5.74) is 0.989. The van der Waals surface area contributed by atoms with Gasteiger partial charge in [-0.3, -0.25) is 4.79 Å². The number of sulfonamides is 1. The van der Waals surface area contributed by atoms with Gasteiger partial charge in [0.15, 0.2) is 11.8 Å². The molecule has 0 unspecified atom stereocenters. The fourth-order valence-electron chi connectivity index (χ4n) is 2.66. The molecule has 1 amide bonds. The number of esters is 1. The van der Waals surface area contributed by atoms with Crippen LogP contribution in [0.5, 0.6) is 0 Å². The van der Waals surface area contributed by atoms with Crippen molar-refractivity contribution in [2.45, 2.75) is 37.8 Å². The molecule has 0 saturated carbocycles. The molecule has 2 N–H and O–H groups in total. The number of hydrogen-bond donors (Lipinski definition) is 2. The lowest BCUT2D eigenvalue weighted by atomic mass is 10.3. The van der Waals surface area contributed by atoms with Crippen LogP contribution in [0.4, 0.5) is 5.69 Å². The summed E-state index contributed by atoms with van der Waals surface area (Å²) in [4.78, 5) is 26.0. The second-order valence-electron chi connectivity index (χ2n) is 7.19. The van der Waals surface area contributed by atoms with Gasteiger partial charge in [0.05, 0.1) is 16.8 Å². The molecule has 2 aromatic carbocycles. The number of hydrogen-bond acceptors (Lipinski definition) is 7. The molecule has 0 aliphatic heterocycles. The molecule has 0 fully saturated rings. The molecule has 0 aliphatic rings. The average Bonchev–Trinajstić information content (AvgIpc) is 3.24. The van der Waals surface area contributed by atoms with E-state index in [-0.39, 0.29) is 16.6 Å². The van der Waals surface area contributed by atoms with E-state index >= 15 is 0 Å². The second kappa shape index (κ2) is 9.71. The van der Waals surface area contributed by atoms with Gasteiger partial charge in [0.2, 0.25) is 10.0 Å². The summed E-state index contributed by atoms with van der Waals surface area (Å²) < 4.78 is 32.0. The molecule has 32 heavy (non-hydrogen) atoms. The number of carbonyl (C=O) groups is 2. The molecule has 0 saturated heterocycles. The van der Waals surface area contributed by atoms with Gasteiger partial charge in [-0.15, -0.1) is 5.10 Å². The molecule has 10 nitrogen and oxygen atoms in total. The highest BCUT2D eigenvalue weighted by Gasteiger charge is 2.22. The first-order valence-electron chi connectivity index (χ1n) is 9.78. The minimum atomic E-state index is -3.63. The van der Waals surface area contributed by atoms with Gasteiger partial charge in [0.25, 0.3) is 5.91 Å². The number of amides is 1. The molecule has 0 bridgehead atoms. The molecular weight excluding hydrogens is 434 g/mol. The molecule has 3 rings (SSSR count). The van der Waals surface area contributed by atoms with Crippen molar-refractivity contribution in [3.05, 3.63) is 66.5 Å². The summed E-state index contributed by atoms with van der Waals surface area (Å²) in [7, 11) is -3.63. The lowest BCUT2D eigenvalue weighted by molar-refractivity contribution is -0.123. The monoisotopic (exact) mass is 457 g/mol. The maximum absolute atomic E-state index is 12.4. The smallest absolute Gasteiger partial charge is 0.361 e. The van der Waals surface area contributed by atoms with Crippen molar-refractivity contribution in [3.63, 3.8) is 0 Å². The molecule has 11 heteroatoms. The number of nitrogens with zero attached hydrogens (tertiary/aromatic N) is 3. The van der Waals surface area contributed by atoms with E-state index in [9.17, 15) is 18.0 Å². The van der Waals surface area contributed by atoms with Gasteiger partial charge in [-0.1, -0.05) is 18.2 Å². The third-order valence-electron chi connectivity index (χ3n) is 4.16. The normalized spacial score (nSPS) is 12.4. The van der Waals surface area contributed by atoms with Crippen molar-refractivity contribution in [2.24, 2.45) is 0 Å². The Bertz CT molecular complexity index is 1190. The Kier molecular flexibility index (Phi) is 7.01. The van der Waals surface area contributed by atoms with E-state index in [1.165, 1.54) is 42.2 Å². The molecule has 0 spiro atoms. The molecule has 168 valence electrons. The summed E-state index contributed by atoms with van der Waals surface area (Å²) in [6.07, 6.45) is 0.139. The summed E-state index contributed by atoms with van der Waals surface area (Å²) in [6.45, 7) is 4.86. The maximum atomic E-state index is 12.4. The Morgan fingerprint density at radius 1 is 1.00 bits per heavy atom. The van der Waals surface area contributed by atoms with E-state index in [4.69, 9.17) is 4.74 Å². The Morgan fingerprint density at radius 2 is 1.66 bits per heavy atom. The van der Waals surface area contributed by atoms with Gasteiger partial charge in [-0.05, 0) is 57.2 Å². The Labute approximate surface area is 185 Å². The number of para-hydroxylation sites is 1. The summed E-state index contributed by atoms with van der Waals surface area (Å²) >= 11 is 0. The molecular formula is C21H23N5O5S. The van der Waals surface area contributed by atoms with E-state index in [0.29, 0.717) is 11.4 Å². The van der Waals surface area contributed by atoms with E-state index in [1.54, 1.807) is 26.0 Å². The first-order chi connectivity index (χ1) is 15.2. The second-order valence-corrected chi connectivity index (χ2v) is 8.91. The minimum Gasteiger partial charge on any atom is -0.448 e. The number of nitrogens with one attached hydrogen (secondary N) is 2. The van der Waals surface area contributed by atoms with Gasteiger partial charge in [0.1, 0.15) is 0 Å². The number of rotatable bonds is 8. The van der Waals surface area contributed by atoms with Crippen LogP contribution in [0.15, 0.2) is 65.7 Å². The van der Waals surface area contributed by atoms with Crippen LogP contribution in [0, 0.1) is 0 Å². The lowest BCUT2D eigenvalue weighted by Gasteiger charge is -2.13. The van der Waals surface area contributed by atoms with Gasteiger partial charge >= 0.3 is 5.97 Å². The Balaban J connectivity index is 1.59. The van der Waals surface area contributed by atoms with Gasteiger partial charge in [0, 0.05) is 11.7 Å². The SMILES string of the molecule is CC(C)NS(=O)(=O)c1ccc(NC(=O)[C@H](C)OC(=O)c2cnn(-c3ccccc3)n2)cc1. The third kappa shape index (κ3) is 5.77. The Hall–Kier alpha value is -3.57.